The van der Waals surface area contributed by atoms with Crippen LogP contribution in [0.1, 0.15) is 38.2 Å². The second-order valence-electron chi connectivity index (χ2n) is 6.90. The summed E-state index contributed by atoms with van der Waals surface area (Å²) in [4.78, 5) is 23.5. The van der Waals surface area contributed by atoms with E-state index in [9.17, 15) is 9.59 Å². The van der Waals surface area contributed by atoms with Crippen molar-refractivity contribution in [3.63, 3.8) is 0 Å². The van der Waals surface area contributed by atoms with E-state index in [0.29, 0.717) is 24.7 Å². The smallest absolute Gasteiger partial charge is 0.306 e. The van der Waals surface area contributed by atoms with E-state index < -0.39 is 0 Å². The molecule has 0 spiro atoms. The topological polar surface area (TPSA) is 67.4 Å². The first-order valence-electron chi connectivity index (χ1n) is 9.32. The molecule has 5 nitrogen and oxygen atoms in total. The number of carbonyl (C=O) groups excluding carboxylic acids is 2. The molecular weight excluding hydrogens is 348 g/mol. The standard InChI is InChI=1S/C20H30N2O3S/c1-15(17-6-9-21-10-7-17)12-19(23)22-18-5-3-4-16(13-18)14-26-11-8-20(24)25-2/h3-5,13,15,17,21H,6-12,14H2,1-2H3,(H,22,23). The van der Waals surface area contributed by atoms with E-state index >= 15 is 0 Å². The number of carbonyl (C=O) groups is 2. The summed E-state index contributed by atoms with van der Waals surface area (Å²) in [7, 11) is 1.41. The number of thioether (sulfide) groups is 1. The third kappa shape index (κ3) is 7.38. The van der Waals surface area contributed by atoms with E-state index in [0.717, 1.165) is 48.7 Å². The number of hydrogen-bond donors (Lipinski definition) is 2. The van der Waals surface area contributed by atoms with Crippen molar-refractivity contribution in [3.8, 4) is 0 Å². The minimum atomic E-state index is -0.179. The lowest BCUT2D eigenvalue weighted by molar-refractivity contribution is -0.140. The van der Waals surface area contributed by atoms with Crippen molar-refractivity contribution in [2.45, 2.75) is 38.4 Å². The molecule has 0 radical (unpaired) electrons. The first kappa shape index (κ1) is 20.8. The molecule has 2 rings (SSSR count). The maximum Gasteiger partial charge on any atom is 0.306 e. The Bertz CT molecular complexity index is 588. The largest absolute Gasteiger partial charge is 0.469 e. The van der Waals surface area contributed by atoms with Crippen molar-refractivity contribution in [1.82, 2.24) is 5.32 Å². The number of rotatable bonds is 9. The zero-order chi connectivity index (χ0) is 18.8. The van der Waals surface area contributed by atoms with Crippen LogP contribution in [0.4, 0.5) is 5.69 Å². The van der Waals surface area contributed by atoms with E-state index in [2.05, 4.69) is 22.3 Å². The summed E-state index contributed by atoms with van der Waals surface area (Å²) in [5.41, 5.74) is 1.99. The zero-order valence-corrected chi connectivity index (χ0v) is 16.6. The van der Waals surface area contributed by atoms with Gasteiger partial charge < -0.3 is 15.4 Å². The summed E-state index contributed by atoms with van der Waals surface area (Å²) in [6, 6.07) is 7.94. The molecule has 0 bridgehead atoms. The molecule has 1 fully saturated rings. The van der Waals surface area contributed by atoms with Gasteiger partial charge in [-0.15, -0.1) is 0 Å². The summed E-state index contributed by atoms with van der Waals surface area (Å²) in [6.45, 7) is 4.31. The normalized spacial score (nSPS) is 16.1. The SMILES string of the molecule is COC(=O)CCSCc1cccc(NC(=O)CC(C)C2CCNCC2)c1. The highest BCUT2D eigenvalue weighted by molar-refractivity contribution is 7.98. The number of methoxy groups -OCH3 is 1. The summed E-state index contributed by atoms with van der Waals surface area (Å²) in [5, 5.41) is 6.40. The van der Waals surface area contributed by atoms with Crippen LogP contribution < -0.4 is 10.6 Å². The lowest BCUT2D eigenvalue weighted by atomic mass is 9.84. The maximum atomic E-state index is 12.4. The number of nitrogens with one attached hydrogen (secondary N) is 2. The summed E-state index contributed by atoms with van der Waals surface area (Å²) >= 11 is 1.69. The van der Waals surface area contributed by atoms with Gasteiger partial charge in [0, 0.05) is 23.6 Å². The van der Waals surface area contributed by atoms with Crippen molar-refractivity contribution in [2.75, 3.05) is 31.3 Å². The molecule has 0 saturated carbocycles. The highest BCUT2D eigenvalue weighted by Gasteiger charge is 2.22. The van der Waals surface area contributed by atoms with Crippen LogP contribution in [0.3, 0.4) is 0 Å². The molecule has 0 aromatic heterocycles. The number of ether oxygens (including phenoxy) is 1. The van der Waals surface area contributed by atoms with Crippen LogP contribution >= 0.6 is 11.8 Å². The van der Waals surface area contributed by atoms with Crippen LogP contribution in [0, 0.1) is 11.8 Å². The molecule has 1 atom stereocenters. The Balaban J connectivity index is 1.76. The molecule has 6 heteroatoms. The summed E-state index contributed by atoms with van der Waals surface area (Å²) in [6.07, 6.45) is 3.31. The van der Waals surface area contributed by atoms with Gasteiger partial charge in [0.1, 0.15) is 0 Å². The molecule has 144 valence electrons. The average Bonchev–Trinajstić information content (AvgIpc) is 2.66. The van der Waals surface area contributed by atoms with Gasteiger partial charge in [-0.1, -0.05) is 19.1 Å². The van der Waals surface area contributed by atoms with Crippen molar-refractivity contribution in [3.05, 3.63) is 29.8 Å². The van der Waals surface area contributed by atoms with Gasteiger partial charge in [0.05, 0.1) is 13.5 Å². The lowest BCUT2D eigenvalue weighted by Gasteiger charge is -2.27. The third-order valence-electron chi connectivity index (χ3n) is 4.85. The molecule has 1 amide bonds. The number of hydrogen-bond acceptors (Lipinski definition) is 5. The Morgan fingerprint density at radius 2 is 2.12 bits per heavy atom. The average molecular weight is 379 g/mol. The summed E-state index contributed by atoms with van der Waals surface area (Å²) < 4.78 is 4.64. The molecule has 1 unspecified atom stereocenters. The van der Waals surface area contributed by atoms with Gasteiger partial charge in [-0.05, 0) is 55.5 Å². The molecule has 2 N–H and O–H groups in total. The van der Waals surface area contributed by atoms with Gasteiger partial charge in [-0.3, -0.25) is 9.59 Å². The van der Waals surface area contributed by atoms with Crippen molar-refractivity contribution in [1.29, 1.82) is 0 Å². The zero-order valence-electron chi connectivity index (χ0n) is 15.8. The Labute approximate surface area is 160 Å². The van der Waals surface area contributed by atoms with E-state index in [1.165, 1.54) is 7.11 Å². The number of esters is 1. The monoisotopic (exact) mass is 378 g/mol. The molecule has 1 saturated heterocycles. The maximum absolute atomic E-state index is 12.4. The minimum absolute atomic E-state index is 0.0894. The fraction of sp³-hybridized carbons (Fsp3) is 0.600. The number of benzene rings is 1. The highest BCUT2D eigenvalue weighted by atomic mass is 32.2. The predicted molar refractivity (Wildman–Crippen MR) is 107 cm³/mol. The van der Waals surface area contributed by atoms with Gasteiger partial charge in [-0.25, -0.2) is 0 Å². The molecule has 1 aromatic rings. The molecule has 1 aliphatic heterocycles. The second kappa shape index (κ2) is 11.2. The molecule has 0 aliphatic carbocycles. The van der Waals surface area contributed by atoms with E-state index in [-0.39, 0.29) is 11.9 Å². The molecule has 1 aliphatic rings. The first-order valence-corrected chi connectivity index (χ1v) is 10.5. The number of piperidine rings is 1. The lowest BCUT2D eigenvalue weighted by Crippen LogP contribution is -2.32. The van der Waals surface area contributed by atoms with Crippen molar-refractivity contribution in [2.24, 2.45) is 11.8 Å². The van der Waals surface area contributed by atoms with E-state index in [1.54, 1.807) is 11.8 Å². The quantitative estimate of drug-likeness (QED) is 0.509. The molecular formula is C20H30N2O3S. The van der Waals surface area contributed by atoms with Gasteiger partial charge in [-0.2, -0.15) is 11.8 Å². The molecule has 26 heavy (non-hydrogen) atoms. The Morgan fingerprint density at radius 1 is 1.35 bits per heavy atom. The van der Waals surface area contributed by atoms with Gasteiger partial charge >= 0.3 is 5.97 Å². The fourth-order valence-electron chi connectivity index (χ4n) is 3.27. The van der Waals surface area contributed by atoms with Crippen LogP contribution in [-0.4, -0.2) is 37.8 Å². The number of anilines is 1. The second-order valence-corrected chi connectivity index (χ2v) is 8.00. The van der Waals surface area contributed by atoms with Gasteiger partial charge in [0.15, 0.2) is 0 Å². The van der Waals surface area contributed by atoms with Crippen LogP contribution in [0.25, 0.3) is 0 Å². The highest BCUT2D eigenvalue weighted by Crippen LogP contribution is 2.25. The van der Waals surface area contributed by atoms with Crippen molar-refractivity contribution >= 4 is 29.3 Å². The van der Waals surface area contributed by atoms with Gasteiger partial charge in [0.2, 0.25) is 5.91 Å². The van der Waals surface area contributed by atoms with Crippen LogP contribution in [-0.2, 0) is 20.1 Å². The fourth-order valence-corrected chi connectivity index (χ4v) is 4.14. The Morgan fingerprint density at radius 3 is 2.85 bits per heavy atom. The summed E-state index contributed by atoms with van der Waals surface area (Å²) in [5.74, 6) is 2.50. The molecule has 1 aromatic carbocycles. The minimum Gasteiger partial charge on any atom is -0.469 e. The van der Waals surface area contributed by atoms with Gasteiger partial charge in [0.25, 0.3) is 0 Å². The molecule has 1 heterocycles. The Hall–Kier alpha value is -1.53. The predicted octanol–water partition coefficient (Wildman–Crippen LogP) is 3.45. The van der Waals surface area contributed by atoms with Crippen LogP contribution in [0.15, 0.2) is 24.3 Å². The van der Waals surface area contributed by atoms with Crippen LogP contribution in [0.5, 0.6) is 0 Å². The third-order valence-corrected chi connectivity index (χ3v) is 5.88. The van der Waals surface area contributed by atoms with E-state index in [4.69, 9.17) is 0 Å². The Kier molecular flexibility index (Phi) is 8.98. The number of amides is 1. The first-order chi connectivity index (χ1) is 12.6. The van der Waals surface area contributed by atoms with Crippen LogP contribution in [0.2, 0.25) is 0 Å². The van der Waals surface area contributed by atoms with E-state index in [1.807, 2.05) is 24.3 Å². The van der Waals surface area contributed by atoms with Crippen molar-refractivity contribution < 1.29 is 14.3 Å².